The van der Waals surface area contributed by atoms with Crippen LogP contribution in [0.15, 0.2) is 22.7 Å². The number of aromatic nitrogens is 2. The molecule has 0 bridgehead atoms. The number of hydrogen-bond acceptors (Lipinski definition) is 4. The lowest BCUT2D eigenvalue weighted by molar-refractivity contribution is 0.631. The van der Waals surface area contributed by atoms with Gasteiger partial charge in [-0.1, -0.05) is 15.9 Å². The molecular weight excluding hydrogens is 335 g/mol. The van der Waals surface area contributed by atoms with E-state index in [1.807, 2.05) is 14.0 Å². The standard InChI is InChI=1S/C15H16BrFN4/c1-8-13(18-2)20-15(9-3-4-9)21-14(8)19-12-7-10(16)5-6-11(12)17/h5-7,9H,3-4H2,1-2H3,(H2,18,19,20,21). The Morgan fingerprint density at radius 1 is 1.24 bits per heavy atom. The molecule has 1 aromatic carbocycles. The number of hydrogen-bond donors (Lipinski definition) is 2. The lowest BCUT2D eigenvalue weighted by Crippen LogP contribution is -2.07. The summed E-state index contributed by atoms with van der Waals surface area (Å²) in [7, 11) is 1.83. The summed E-state index contributed by atoms with van der Waals surface area (Å²) in [6, 6.07) is 4.79. The molecule has 2 aromatic rings. The van der Waals surface area contributed by atoms with Crippen LogP contribution in [0, 0.1) is 12.7 Å². The highest BCUT2D eigenvalue weighted by atomic mass is 79.9. The van der Waals surface area contributed by atoms with Crippen LogP contribution in [-0.4, -0.2) is 17.0 Å². The van der Waals surface area contributed by atoms with Crippen molar-refractivity contribution >= 4 is 33.3 Å². The summed E-state index contributed by atoms with van der Waals surface area (Å²) in [6.07, 6.45) is 2.24. The van der Waals surface area contributed by atoms with Crippen molar-refractivity contribution in [2.75, 3.05) is 17.7 Å². The van der Waals surface area contributed by atoms with Crippen molar-refractivity contribution in [3.8, 4) is 0 Å². The van der Waals surface area contributed by atoms with Gasteiger partial charge in [-0.05, 0) is 38.0 Å². The molecule has 110 valence electrons. The monoisotopic (exact) mass is 350 g/mol. The summed E-state index contributed by atoms with van der Waals surface area (Å²) in [5, 5.41) is 6.16. The van der Waals surface area contributed by atoms with Gasteiger partial charge in [0.25, 0.3) is 0 Å². The Hall–Kier alpha value is -1.69. The number of nitrogens with zero attached hydrogens (tertiary/aromatic N) is 2. The zero-order chi connectivity index (χ0) is 15.0. The Kier molecular flexibility index (Phi) is 3.80. The average molecular weight is 351 g/mol. The molecule has 0 amide bonds. The van der Waals surface area contributed by atoms with Crippen molar-refractivity contribution in [1.82, 2.24) is 9.97 Å². The predicted octanol–water partition coefficient (Wildman–Crippen LogP) is 4.35. The maximum Gasteiger partial charge on any atom is 0.146 e. The second kappa shape index (κ2) is 5.60. The van der Waals surface area contributed by atoms with E-state index >= 15 is 0 Å². The molecule has 1 saturated carbocycles. The van der Waals surface area contributed by atoms with Gasteiger partial charge in [-0.2, -0.15) is 0 Å². The first kappa shape index (κ1) is 14.3. The van der Waals surface area contributed by atoms with E-state index in [2.05, 4.69) is 36.5 Å². The Morgan fingerprint density at radius 3 is 2.62 bits per heavy atom. The molecule has 0 unspecified atom stereocenters. The molecule has 0 saturated heterocycles. The minimum atomic E-state index is -0.310. The van der Waals surface area contributed by atoms with Crippen molar-refractivity contribution < 1.29 is 4.39 Å². The molecule has 1 heterocycles. The number of anilines is 3. The summed E-state index contributed by atoms with van der Waals surface area (Å²) in [4.78, 5) is 9.09. The van der Waals surface area contributed by atoms with Crippen LogP contribution in [-0.2, 0) is 0 Å². The zero-order valence-corrected chi connectivity index (χ0v) is 13.5. The largest absolute Gasteiger partial charge is 0.373 e. The molecule has 4 nitrogen and oxygen atoms in total. The van der Waals surface area contributed by atoms with Gasteiger partial charge in [0.05, 0.1) is 5.69 Å². The van der Waals surface area contributed by atoms with Gasteiger partial charge in [0.2, 0.25) is 0 Å². The first-order valence-corrected chi connectivity index (χ1v) is 7.66. The Balaban J connectivity index is 2.00. The van der Waals surface area contributed by atoms with Crippen LogP contribution < -0.4 is 10.6 Å². The topological polar surface area (TPSA) is 49.8 Å². The molecule has 6 heteroatoms. The lowest BCUT2D eigenvalue weighted by Gasteiger charge is -2.14. The molecule has 3 rings (SSSR count). The van der Waals surface area contributed by atoms with Crippen LogP contribution in [0.5, 0.6) is 0 Å². The number of halogens is 2. The van der Waals surface area contributed by atoms with Crippen molar-refractivity contribution in [3.05, 3.63) is 39.9 Å². The van der Waals surface area contributed by atoms with Crippen LogP contribution in [0.4, 0.5) is 21.7 Å². The molecule has 0 radical (unpaired) electrons. The summed E-state index contributed by atoms with van der Waals surface area (Å²) in [5.41, 5.74) is 1.27. The van der Waals surface area contributed by atoms with Crippen molar-refractivity contribution in [2.45, 2.75) is 25.7 Å². The van der Waals surface area contributed by atoms with Gasteiger partial charge in [-0.25, -0.2) is 14.4 Å². The maximum atomic E-state index is 13.9. The van der Waals surface area contributed by atoms with Crippen LogP contribution in [0.3, 0.4) is 0 Å². The van der Waals surface area contributed by atoms with Crippen LogP contribution in [0.2, 0.25) is 0 Å². The highest BCUT2D eigenvalue weighted by Gasteiger charge is 2.28. The quantitative estimate of drug-likeness (QED) is 0.860. The third kappa shape index (κ3) is 3.00. The second-order valence-electron chi connectivity index (χ2n) is 5.18. The Labute approximate surface area is 131 Å². The number of benzene rings is 1. The van der Waals surface area contributed by atoms with Crippen molar-refractivity contribution in [2.24, 2.45) is 0 Å². The SMILES string of the molecule is CNc1nc(C2CC2)nc(Nc2cc(Br)ccc2F)c1C. The van der Waals surface area contributed by atoms with Gasteiger partial charge >= 0.3 is 0 Å². The molecule has 1 fully saturated rings. The van der Waals surface area contributed by atoms with E-state index < -0.39 is 0 Å². The smallest absolute Gasteiger partial charge is 0.146 e. The minimum Gasteiger partial charge on any atom is -0.373 e. The lowest BCUT2D eigenvalue weighted by atomic mass is 10.2. The van der Waals surface area contributed by atoms with Gasteiger partial charge in [0.1, 0.15) is 23.3 Å². The van der Waals surface area contributed by atoms with E-state index in [0.717, 1.165) is 34.5 Å². The summed E-state index contributed by atoms with van der Waals surface area (Å²) < 4.78 is 14.7. The Morgan fingerprint density at radius 2 is 1.95 bits per heavy atom. The molecule has 1 aromatic heterocycles. The molecule has 1 aliphatic rings. The maximum absolute atomic E-state index is 13.9. The van der Waals surface area contributed by atoms with Crippen molar-refractivity contribution in [1.29, 1.82) is 0 Å². The van der Waals surface area contributed by atoms with Crippen LogP contribution in [0.25, 0.3) is 0 Å². The normalized spacial score (nSPS) is 14.1. The van der Waals surface area contributed by atoms with Crippen LogP contribution >= 0.6 is 15.9 Å². The predicted molar refractivity (Wildman–Crippen MR) is 85.7 cm³/mol. The van der Waals surface area contributed by atoms with E-state index in [9.17, 15) is 4.39 Å². The number of nitrogens with one attached hydrogen (secondary N) is 2. The fourth-order valence-corrected chi connectivity index (χ4v) is 2.51. The van der Waals surface area contributed by atoms with Crippen molar-refractivity contribution in [3.63, 3.8) is 0 Å². The molecule has 2 N–H and O–H groups in total. The van der Waals surface area contributed by atoms with E-state index in [-0.39, 0.29) is 5.82 Å². The van der Waals surface area contributed by atoms with Gasteiger partial charge in [0, 0.05) is 23.0 Å². The Bertz CT molecular complexity index is 686. The first-order chi connectivity index (χ1) is 10.1. The highest BCUT2D eigenvalue weighted by molar-refractivity contribution is 9.10. The fraction of sp³-hybridized carbons (Fsp3) is 0.333. The van der Waals surface area contributed by atoms with Gasteiger partial charge < -0.3 is 10.6 Å². The van der Waals surface area contributed by atoms with E-state index in [1.54, 1.807) is 12.1 Å². The molecule has 0 aliphatic heterocycles. The molecule has 0 spiro atoms. The second-order valence-corrected chi connectivity index (χ2v) is 6.09. The van der Waals surface area contributed by atoms with Crippen LogP contribution in [0.1, 0.15) is 30.1 Å². The molecule has 1 aliphatic carbocycles. The van der Waals surface area contributed by atoms with E-state index in [0.29, 0.717) is 17.4 Å². The van der Waals surface area contributed by atoms with Gasteiger partial charge in [0.15, 0.2) is 0 Å². The summed E-state index contributed by atoms with van der Waals surface area (Å²) >= 11 is 3.35. The highest BCUT2D eigenvalue weighted by Crippen LogP contribution is 2.40. The van der Waals surface area contributed by atoms with E-state index in [1.165, 1.54) is 6.07 Å². The summed E-state index contributed by atoms with van der Waals surface area (Å²) in [5.74, 6) is 2.38. The summed E-state index contributed by atoms with van der Waals surface area (Å²) in [6.45, 7) is 1.92. The molecule has 0 atom stereocenters. The average Bonchev–Trinajstić information content (AvgIpc) is 3.29. The third-order valence-electron chi connectivity index (χ3n) is 3.52. The minimum absolute atomic E-state index is 0.310. The first-order valence-electron chi connectivity index (χ1n) is 6.87. The number of rotatable bonds is 4. The van der Waals surface area contributed by atoms with Gasteiger partial charge in [-0.15, -0.1) is 0 Å². The van der Waals surface area contributed by atoms with E-state index in [4.69, 9.17) is 0 Å². The zero-order valence-electron chi connectivity index (χ0n) is 11.9. The molecule has 21 heavy (non-hydrogen) atoms. The molecular formula is C15H16BrFN4. The fourth-order valence-electron chi connectivity index (χ4n) is 2.14. The van der Waals surface area contributed by atoms with Gasteiger partial charge in [-0.3, -0.25) is 0 Å². The third-order valence-corrected chi connectivity index (χ3v) is 4.02.